The van der Waals surface area contributed by atoms with Crippen LogP contribution in [0, 0.1) is 0 Å². The molecule has 1 aromatic rings. The predicted octanol–water partition coefficient (Wildman–Crippen LogP) is 3.46. The SMILES string of the molecule is COC(=O)CC[C@H](NC(=O)OC(C)(C)C)C(=O)NCC1(c2ccccc2)CCCC1. The van der Waals surface area contributed by atoms with Crippen molar-refractivity contribution in [1.82, 2.24) is 10.6 Å². The van der Waals surface area contributed by atoms with Gasteiger partial charge in [0, 0.05) is 18.4 Å². The zero-order chi connectivity index (χ0) is 22.2. The van der Waals surface area contributed by atoms with Crippen LogP contribution in [0.25, 0.3) is 0 Å². The molecule has 1 atom stereocenters. The minimum absolute atomic E-state index is 0.0220. The van der Waals surface area contributed by atoms with Crippen molar-refractivity contribution in [1.29, 1.82) is 0 Å². The Bertz CT molecular complexity index is 721. The first-order valence-electron chi connectivity index (χ1n) is 10.5. The van der Waals surface area contributed by atoms with Gasteiger partial charge in [-0.25, -0.2) is 4.79 Å². The number of carbonyl (C=O) groups excluding carboxylic acids is 3. The van der Waals surface area contributed by atoms with Crippen LogP contribution in [0.1, 0.15) is 64.9 Å². The molecule has 7 heteroatoms. The molecule has 0 saturated heterocycles. The van der Waals surface area contributed by atoms with Gasteiger partial charge in [-0.2, -0.15) is 0 Å². The summed E-state index contributed by atoms with van der Waals surface area (Å²) >= 11 is 0. The second-order valence-corrected chi connectivity index (χ2v) is 8.88. The Kier molecular flexibility index (Phi) is 8.26. The Morgan fingerprint density at radius 1 is 1.10 bits per heavy atom. The van der Waals surface area contributed by atoms with Gasteiger partial charge in [-0.05, 0) is 45.6 Å². The molecule has 0 unspecified atom stereocenters. The van der Waals surface area contributed by atoms with Gasteiger partial charge in [0.2, 0.25) is 5.91 Å². The summed E-state index contributed by atoms with van der Waals surface area (Å²) in [5, 5.41) is 5.61. The highest BCUT2D eigenvalue weighted by molar-refractivity contribution is 5.86. The van der Waals surface area contributed by atoms with Crippen molar-refractivity contribution < 1.29 is 23.9 Å². The van der Waals surface area contributed by atoms with Crippen LogP contribution >= 0.6 is 0 Å². The van der Waals surface area contributed by atoms with Gasteiger partial charge in [-0.3, -0.25) is 9.59 Å². The number of alkyl carbamates (subject to hydrolysis) is 1. The van der Waals surface area contributed by atoms with Crippen molar-refractivity contribution in [3.8, 4) is 0 Å². The minimum Gasteiger partial charge on any atom is -0.469 e. The van der Waals surface area contributed by atoms with E-state index in [4.69, 9.17) is 4.74 Å². The van der Waals surface area contributed by atoms with E-state index < -0.39 is 23.7 Å². The number of nitrogens with one attached hydrogen (secondary N) is 2. The van der Waals surface area contributed by atoms with Crippen molar-refractivity contribution in [3.05, 3.63) is 35.9 Å². The second kappa shape index (κ2) is 10.5. The van der Waals surface area contributed by atoms with Gasteiger partial charge in [0.25, 0.3) is 0 Å². The van der Waals surface area contributed by atoms with Crippen molar-refractivity contribution in [2.45, 2.75) is 76.4 Å². The van der Waals surface area contributed by atoms with Crippen LogP contribution < -0.4 is 10.6 Å². The molecule has 0 aliphatic heterocycles. The fraction of sp³-hybridized carbons (Fsp3) is 0.609. The molecular weight excluding hydrogens is 384 g/mol. The van der Waals surface area contributed by atoms with Gasteiger partial charge >= 0.3 is 12.1 Å². The Morgan fingerprint density at radius 3 is 2.30 bits per heavy atom. The summed E-state index contributed by atoms with van der Waals surface area (Å²) in [6.45, 7) is 5.74. The summed E-state index contributed by atoms with van der Waals surface area (Å²) in [7, 11) is 1.29. The Hall–Kier alpha value is -2.57. The zero-order valence-electron chi connectivity index (χ0n) is 18.5. The summed E-state index contributed by atoms with van der Waals surface area (Å²) in [6, 6.07) is 9.34. The van der Waals surface area contributed by atoms with E-state index in [-0.39, 0.29) is 24.2 Å². The molecule has 0 aromatic heterocycles. The lowest BCUT2D eigenvalue weighted by Gasteiger charge is -2.31. The van der Waals surface area contributed by atoms with E-state index in [1.807, 2.05) is 18.2 Å². The normalized spacial score (nSPS) is 16.4. The van der Waals surface area contributed by atoms with E-state index in [0.29, 0.717) is 6.54 Å². The standard InChI is InChI=1S/C23H34N2O5/c1-22(2,3)30-21(28)25-18(12-13-19(26)29-4)20(27)24-16-23(14-8-9-15-23)17-10-6-5-7-11-17/h5-7,10-11,18H,8-9,12-16H2,1-4H3,(H,24,27)(H,25,28)/t18-/m0/s1. The molecule has 1 aliphatic rings. The zero-order valence-corrected chi connectivity index (χ0v) is 18.5. The van der Waals surface area contributed by atoms with E-state index in [1.54, 1.807) is 20.8 Å². The first-order chi connectivity index (χ1) is 14.1. The Labute approximate surface area is 178 Å². The van der Waals surface area contributed by atoms with Gasteiger partial charge in [0.1, 0.15) is 11.6 Å². The average molecular weight is 419 g/mol. The number of hydrogen-bond donors (Lipinski definition) is 2. The van der Waals surface area contributed by atoms with Crippen molar-refractivity contribution >= 4 is 18.0 Å². The smallest absolute Gasteiger partial charge is 0.408 e. The summed E-state index contributed by atoms with van der Waals surface area (Å²) < 4.78 is 9.94. The molecule has 0 bridgehead atoms. The number of ether oxygens (including phenoxy) is 2. The van der Waals surface area contributed by atoms with Gasteiger partial charge in [-0.1, -0.05) is 43.2 Å². The second-order valence-electron chi connectivity index (χ2n) is 8.88. The van der Waals surface area contributed by atoms with Gasteiger partial charge in [0.15, 0.2) is 0 Å². The molecule has 0 radical (unpaired) electrons. The van der Waals surface area contributed by atoms with Gasteiger partial charge < -0.3 is 20.1 Å². The number of hydrogen-bond acceptors (Lipinski definition) is 5. The Morgan fingerprint density at radius 2 is 1.73 bits per heavy atom. The molecule has 1 aromatic carbocycles. The molecule has 2 N–H and O–H groups in total. The third-order valence-electron chi connectivity index (χ3n) is 5.42. The number of esters is 1. The highest BCUT2D eigenvalue weighted by atomic mass is 16.6. The lowest BCUT2D eigenvalue weighted by molar-refractivity contribution is -0.141. The molecule has 30 heavy (non-hydrogen) atoms. The van der Waals surface area contributed by atoms with Crippen LogP contribution in [0.4, 0.5) is 4.79 Å². The summed E-state index contributed by atoms with van der Waals surface area (Å²) in [4.78, 5) is 36.7. The van der Waals surface area contributed by atoms with Crippen LogP contribution in [0.3, 0.4) is 0 Å². The number of benzene rings is 1. The van der Waals surface area contributed by atoms with E-state index in [0.717, 1.165) is 25.7 Å². The summed E-state index contributed by atoms with van der Waals surface area (Å²) in [5.74, 6) is -0.762. The molecule has 0 heterocycles. The molecule has 166 valence electrons. The number of methoxy groups -OCH3 is 1. The van der Waals surface area contributed by atoms with Crippen LogP contribution in [0.5, 0.6) is 0 Å². The largest absolute Gasteiger partial charge is 0.469 e. The predicted molar refractivity (Wildman–Crippen MR) is 114 cm³/mol. The van der Waals surface area contributed by atoms with Crippen LogP contribution in [-0.4, -0.2) is 43.3 Å². The highest BCUT2D eigenvalue weighted by Crippen LogP contribution is 2.40. The minimum atomic E-state index is -0.881. The number of rotatable bonds is 8. The number of amides is 2. The first kappa shape index (κ1) is 23.7. The Balaban J connectivity index is 2.06. The maximum absolute atomic E-state index is 12.9. The molecule has 7 nitrogen and oxygen atoms in total. The van der Waals surface area contributed by atoms with Crippen LogP contribution in [-0.2, 0) is 24.5 Å². The van der Waals surface area contributed by atoms with Crippen molar-refractivity contribution in [2.75, 3.05) is 13.7 Å². The third-order valence-corrected chi connectivity index (χ3v) is 5.42. The average Bonchev–Trinajstić information content (AvgIpc) is 3.18. The van der Waals surface area contributed by atoms with Crippen molar-refractivity contribution in [3.63, 3.8) is 0 Å². The van der Waals surface area contributed by atoms with Crippen LogP contribution in [0.15, 0.2) is 30.3 Å². The number of carbonyl (C=O) groups is 3. The lowest BCUT2D eigenvalue weighted by atomic mass is 9.79. The maximum atomic E-state index is 12.9. The van der Waals surface area contributed by atoms with Crippen LogP contribution in [0.2, 0.25) is 0 Å². The molecule has 1 saturated carbocycles. The lowest BCUT2D eigenvalue weighted by Crippen LogP contribution is -2.50. The fourth-order valence-corrected chi connectivity index (χ4v) is 3.87. The third kappa shape index (κ3) is 7.04. The highest BCUT2D eigenvalue weighted by Gasteiger charge is 2.36. The molecular formula is C23H34N2O5. The molecule has 1 fully saturated rings. The van der Waals surface area contributed by atoms with Crippen molar-refractivity contribution in [2.24, 2.45) is 0 Å². The molecule has 1 aliphatic carbocycles. The van der Waals surface area contributed by atoms with Gasteiger partial charge in [0.05, 0.1) is 7.11 Å². The topological polar surface area (TPSA) is 93.7 Å². The van der Waals surface area contributed by atoms with E-state index >= 15 is 0 Å². The first-order valence-corrected chi connectivity index (χ1v) is 10.5. The quantitative estimate of drug-likeness (QED) is 0.631. The van der Waals surface area contributed by atoms with E-state index in [1.165, 1.54) is 12.7 Å². The van der Waals surface area contributed by atoms with E-state index in [2.05, 4.69) is 27.5 Å². The van der Waals surface area contributed by atoms with E-state index in [9.17, 15) is 14.4 Å². The molecule has 0 spiro atoms. The monoisotopic (exact) mass is 418 g/mol. The summed E-state index contributed by atoms with van der Waals surface area (Å²) in [5.41, 5.74) is 0.429. The molecule has 2 amide bonds. The maximum Gasteiger partial charge on any atom is 0.408 e. The fourth-order valence-electron chi connectivity index (χ4n) is 3.87. The van der Waals surface area contributed by atoms with Gasteiger partial charge in [-0.15, -0.1) is 0 Å². The molecule has 2 rings (SSSR count). The summed E-state index contributed by atoms with van der Waals surface area (Å²) in [6.07, 6.45) is 3.71.